The Morgan fingerprint density at radius 1 is 0.821 bits per heavy atom. The number of urea groups is 1. The van der Waals surface area contributed by atoms with E-state index in [0.717, 1.165) is 5.56 Å². The van der Waals surface area contributed by atoms with Gasteiger partial charge in [0.15, 0.2) is 0 Å². The molecule has 0 heterocycles. The first-order chi connectivity index (χ1) is 13.7. The lowest BCUT2D eigenvalue weighted by atomic mass is 10.2. The topological polar surface area (TPSA) is 76.7 Å². The largest absolute Gasteiger partial charge is 0.489 e. The van der Waals surface area contributed by atoms with Crippen molar-refractivity contribution in [3.05, 3.63) is 90.0 Å². The van der Waals surface area contributed by atoms with Crippen molar-refractivity contribution in [2.75, 3.05) is 17.7 Å². The van der Waals surface area contributed by atoms with Crippen LogP contribution in [-0.4, -0.2) is 19.1 Å². The maximum Gasteiger partial charge on any atom is 0.339 e. The predicted octanol–water partition coefficient (Wildman–Crippen LogP) is 4.70. The zero-order chi connectivity index (χ0) is 19.8. The number of amides is 2. The second-order valence-electron chi connectivity index (χ2n) is 5.91. The van der Waals surface area contributed by atoms with Crippen LogP contribution in [0.2, 0.25) is 0 Å². The van der Waals surface area contributed by atoms with Crippen molar-refractivity contribution in [2.45, 2.75) is 6.61 Å². The lowest BCUT2D eigenvalue weighted by Gasteiger charge is -2.11. The van der Waals surface area contributed by atoms with Gasteiger partial charge in [-0.05, 0) is 42.0 Å². The number of benzene rings is 3. The van der Waals surface area contributed by atoms with Gasteiger partial charge in [-0.3, -0.25) is 0 Å². The number of ether oxygens (including phenoxy) is 2. The van der Waals surface area contributed by atoms with Crippen molar-refractivity contribution in [3.63, 3.8) is 0 Å². The van der Waals surface area contributed by atoms with Gasteiger partial charge in [-0.15, -0.1) is 0 Å². The van der Waals surface area contributed by atoms with Crippen LogP contribution < -0.4 is 15.4 Å². The standard InChI is InChI=1S/C22H20N2O4/c1-27-21(25)19-9-5-6-10-20(19)24-22(26)23-17-11-13-18(14-12-17)28-15-16-7-3-2-4-8-16/h2-14H,15H2,1H3,(H2,23,24,26). The second kappa shape index (κ2) is 9.23. The van der Waals surface area contributed by atoms with Crippen LogP contribution in [0.1, 0.15) is 15.9 Å². The van der Waals surface area contributed by atoms with Crippen LogP contribution in [0.15, 0.2) is 78.9 Å². The van der Waals surface area contributed by atoms with Gasteiger partial charge < -0.3 is 20.1 Å². The first kappa shape index (κ1) is 19.0. The molecule has 0 aliphatic rings. The molecule has 0 bridgehead atoms. The van der Waals surface area contributed by atoms with Gasteiger partial charge in [0.1, 0.15) is 12.4 Å². The molecule has 6 nitrogen and oxygen atoms in total. The summed E-state index contributed by atoms with van der Waals surface area (Å²) in [6.07, 6.45) is 0. The van der Waals surface area contributed by atoms with Gasteiger partial charge in [-0.2, -0.15) is 0 Å². The molecule has 0 spiro atoms. The Hall–Kier alpha value is -3.80. The zero-order valence-corrected chi connectivity index (χ0v) is 15.3. The lowest BCUT2D eigenvalue weighted by molar-refractivity contribution is 0.0602. The summed E-state index contributed by atoms with van der Waals surface area (Å²) in [7, 11) is 1.29. The number of hydrogen-bond acceptors (Lipinski definition) is 4. The third-order valence-corrected chi connectivity index (χ3v) is 3.94. The number of rotatable bonds is 6. The number of carbonyl (C=O) groups excluding carboxylic acids is 2. The molecular weight excluding hydrogens is 356 g/mol. The maximum atomic E-state index is 12.2. The molecule has 6 heteroatoms. The van der Waals surface area contributed by atoms with Crippen LogP contribution in [0.25, 0.3) is 0 Å². The highest BCUT2D eigenvalue weighted by molar-refractivity contribution is 6.05. The fourth-order valence-electron chi connectivity index (χ4n) is 2.54. The number of anilines is 2. The van der Waals surface area contributed by atoms with Crippen LogP contribution in [0.4, 0.5) is 16.2 Å². The molecule has 0 saturated carbocycles. The van der Waals surface area contributed by atoms with Crippen LogP contribution in [0, 0.1) is 0 Å². The van der Waals surface area contributed by atoms with E-state index in [1.807, 2.05) is 30.3 Å². The number of methoxy groups -OCH3 is 1. The third kappa shape index (κ3) is 5.11. The molecule has 142 valence electrons. The monoisotopic (exact) mass is 376 g/mol. The van der Waals surface area contributed by atoms with Crippen molar-refractivity contribution in [1.29, 1.82) is 0 Å². The Bertz CT molecular complexity index is 940. The second-order valence-corrected chi connectivity index (χ2v) is 5.91. The first-order valence-electron chi connectivity index (χ1n) is 8.68. The van der Waals surface area contributed by atoms with Crippen molar-refractivity contribution in [1.82, 2.24) is 0 Å². The van der Waals surface area contributed by atoms with Gasteiger partial charge in [-0.25, -0.2) is 9.59 Å². The van der Waals surface area contributed by atoms with E-state index in [-0.39, 0.29) is 5.56 Å². The van der Waals surface area contributed by atoms with Crippen LogP contribution in [0.3, 0.4) is 0 Å². The number of nitrogens with one attached hydrogen (secondary N) is 2. The summed E-state index contributed by atoms with van der Waals surface area (Å²) in [5.74, 6) is 0.182. The van der Waals surface area contributed by atoms with E-state index >= 15 is 0 Å². The van der Waals surface area contributed by atoms with E-state index in [1.165, 1.54) is 7.11 Å². The summed E-state index contributed by atoms with van der Waals surface area (Å²) in [6.45, 7) is 0.471. The summed E-state index contributed by atoms with van der Waals surface area (Å²) in [5.41, 5.74) is 2.33. The molecule has 0 saturated heterocycles. The fourth-order valence-corrected chi connectivity index (χ4v) is 2.54. The van der Waals surface area contributed by atoms with Crippen molar-refractivity contribution < 1.29 is 19.1 Å². The summed E-state index contributed by atoms with van der Waals surface area (Å²) in [6, 6.07) is 23.1. The van der Waals surface area contributed by atoms with Crippen molar-refractivity contribution >= 4 is 23.4 Å². The van der Waals surface area contributed by atoms with Gasteiger partial charge in [0.25, 0.3) is 0 Å². The molecule has 2 amide bonds. The van der Waals surface area contributed by atoms with Crippen LogP contribution in [-0.2, 0) is 11.3 Å². The number of carbonyl (C=O) groups is 2. The normalized spacial score (nSPS) is 10.0. The highest BCUT2D eigenvalue weighted by Crippen LogP contribution is 2.19. The molecule has 3 rings (SSSR count). The van der Waals surface area contributed by atoms with Gasteiger partial charge in [0.2, 0.25) is 0 Å². The Balaban J connectivity index is 1.57. The molecule has 0 atom stereocenters. The average Bonchev–Trinajstić information content (AvgIpc) is 2.74. The minimum Gasteiger partial charge on any atom is -0.489 e. The van der Waals surface area contributed by atoms with Crippen LogP contribution >= 0.6 is 0 Å². The molecule has 0 fully saturated rings. The minimum absolute atomic E-state index is 0.282. The smallest absolute Gasteiger partial charge is 0.339 e. The van der Waals surface area contributed by atoms with Gasteiger partial charge in [0, 0.05) is 5.69 Å². The van der Waals surface area contributed by atoms with E-state index in [0.29, 0.717) is 23.7 Å². The van der Waals surface area contributed by atoms with Gasteiger partial charge in [-0.1, -0.05) is 42.5 Å². The van der Waals surface area contributed by atoms with E-state index in [2.05, 4.69) is 10.6 Å². The molecular formula is C22H20N2O4. The molecule has 0 aromatic heterocycles. The average molecular weight is 376 g/mol. The summed E-state index contributed by atoms with van der Waals surface area (Å²) < 4.78 is 10.4. The molecule has 0 unspecified atom stereocenters. The van der Waals surface area contributed by atoms with Crippen molar-refractivity contribution in [3.8, 4) is 5.75 Å². The number of para-hydroxylation sites is 1. The summed E-state index contributed by atoms with van der Waals surface area (Å²) in [4.78, 5) is 24.0. The Labute approximate surface area is 163 Å². The van der Waals surface area contributed by atoms with Gasteiger partial charge in [0.05, 0.1) is 18.4 Å². The molecule has 3 aromatic rings. The highest BCUT2D eigenvalue weighted by Gasteiger charge is 2.13. The SMILES string of the molecule is COC(=O)c1ccccc1NC(=O)Nc1ccc(OCc2ccccc2)cc1. The number of hydrogen-bond donors (Lipinski definition) is 2. The molecule has 3 aromatic carbocycles. The molecule has 28 heavy (non-hydrogen) atoms. The van der Waals surface area contributed by atoms with E-state index < -0.39 is 12.0 Å². The highest BCUT2D eigenvalue weighted by atomic mass is 16.5. The lowest BCUT2D eigenvalue weighted by Crippen LogP contribution is -2.21. The Kier molecular flexibility index (Phi) is 6.25. The quantitative estimate of drug-likeness (QED) is 0.612. The van der Waals surface area contributed by atoms with E-state index in [9.17, 15) is 9.59 Å². The molecule has 0 aliphatic heterocycles. The van der Waals surface area contributed by atoms with Gasteiger partial charge >= 0.3 is 12.0 Å². The van der Waals surface area contributed by atoms with E-state index in [4.69, 9.17) is 9.47 Å². The Morgan fingerprint density at radius 3 is 2.21 bits per heavy atom. The predicted molar refractivity (Wildman–Crippen MR) is 108 cm³/mol. The minimum atomic E-state index is -0.518. The third-order valence-electron chi connectivity index (χ3n) is 3.94. The summed E-state index contributed by atoms with van der Waals surface area (Å²) in [5, 5.41) is 5.37. The fraction of sp³-hybridized carbons (Fsp3) is 0.0909. The molecule has 2 N–H and O–H groups in total. The summed E-state index contributed by atoms with van der Waals surface area (Å²) >= 11 is 0. The maximum absolute atomic E-state index is 12.2. The van der Waals surface area contributed by atoms with Crippen LogP contribution in [0.5, 0.6) is 5.75 Å². The van der Waals surface area contributed by atoms with Crippen molar-refractivity contribution in [2.24, 2.45) is 0 Å². The molecule has 0 aliphatic carbocycles. The number of esters is 1. The first-order valence-corrected chi connectivity index (χ1v) is 8.68. The zero-order valence-electron chi connectivity index (χ0n) is 15.3. The Morgan fingerprint density at radius 2 is 1.50 bits per heavy atom. The van der Waals surface area contributed by atoms with E-state index in [1.54, 1.807) is 48.5 Å². The molecule has 0 radical (unpaired) electrons.